The second kappa shape index (κ2) is 4.38. The molecule has 0 aliphatic carbocycles. The van der Waals surface area contributed by atoms with Gasteiger partial charge in [0.25, 0.3) is 0 Å². The molecule has 1 aromatic carbocycles. The Balaban J connectivity index is 1.80. The molecule has 0 bridgehead atoms. The van der Waals surface area contributed by atoms with Gasteiger partial charge in [-0.15, -0.1) is 0 Å². The zero-order valence-electron chi connectivity index (χ0n) is 9.67. The maximum atomic E-state index is 10.9. The zero-order valence-corrected chi connectivity index (χ0v) is 9.67. The predicted octanol–water partition coefficient (Wildman–Crippen LogP) is 0.705. The SMILES string of the molecule is O=C(O)C1CN(c2ccc3c(c2)OCO3)CCO1. The maximum Gasteiger partial charge on any atom is 0.334 e. The number of hydrogen-bond donors (Lipinski definition) is 1. The molecule has 1 unspecified atom stereocenters. The Hall–Kier alpha value is -1.95. The lowest BCUT2D eigenvalue weighted by Gasteiger charge is -2.32. The molecule has 0 saturated carbocycles. The minimum atomic E-state index is -0.930. The lowest BCUT2D eigenvalue weighted by atomic mass is 10.2. The van der Waals surface area contributed by atoms with Crippen LogP contribution < -0.4 is 14.4 Å². The van der Waals surface area contributed by atoms with Gasteiger partial charge in [0.15, 0.2) is 17.6 Å². The normalized spacial score (nSPS) is 22.0. The van der Waals surface area contributed by atoms with Gasteiger partial charge in [0.1, 0.15) is 0 Å². The summed E-state index contributed by atoms with van der Waals surface area (Å²) in [5, 5.41) is 8.96. The van der Waals surface area contributed by atoms with Gasteiger partial charge in [-0.05, 0) is 12.1 Å². The Morgan fingerprint density at radius 1 is 1.33 bits per heavy atom. The molecule has 2 aliphatic rings. The van der Waals surface area contributed by atoms with Gasteiger partial charge in [-0.2, -0.15) is 0 Å². The number of nitrogens with zero attached hydrogens (tertiary/aromatic N) is 1. The summed E-state index contributed by atoms with van der Waals surface area (Å²) in [5.74, 6) is 0.494. The topological polar surface area (TPSA) is 68.2 Å². The Bertz CT molecular complexity index is 476. The van der Waals surface area contributed by atoms with Crippen LogP contribution in [0.25, 0.3) is 0 Å². The molecule has 2 heterocycles. The highest BCUT2D eigenvalue weighted by Crippen LogP contribution is 2.35. The van der Waals surface area contributed by atoms with Gasteiger partial charge < -0.3 is 24.2 Å². The number of hydrogen-bond acceptors (Lipinski definition) is 5. The van der Waals surface area contributed by atoms with E-state index in [1.165, 1.54) is 0 Å². The van der Waals surface area contributed by atoms with Crippen LogP contribution in [-0.2, 0) is 9.53 Å². The summed E-state index contributed by atoms with van der Waals surface area (Å²) in [7, 11) is 0. The summed E-state index contributed by atoms with van der Waals surface area (Å²) in [4.78, 5) is 12.9. The minimum Gasteiger partial charge on any atom is -0.479 e. The molecule has 0 aromatic heterocycles. The molecule has 0 radical (unpaired) electrons. The minimum absolute atomic E-state index is 0.236. The average molecular weight is 251 g/mol. The number of carbonyl (C=O) groups is 1. The van der Waals surface area contributed by atoms with Crippen LogP contribution in [-0.4, -0.2) is 43.7 Å². The van der Waals surface area contributed by atoms with Crippen molar-refractivity contribution < 1.29 is 24.1 Å². The number of carboxylic acids is 1. The van der Waals surface area contributed by atoms with E-state index in [0.717, 1.165) is 11.4 Å². The number of carboxylic acid groups (broad SMARTS) is 1. The highest BCUT2D eigenvalue weighted by Gasteiger charge is 2.27. The van der Waals surface area contributed by atoms with Gasteiger partial charge in [-0.3, -0.25) is 0 Å². The second-order valence-electron chi connectivity index (χ2n) is 4.18. The molecular formula is C12H13NO5. The fourth-order valence-electron chi connectivity index (χ4n) is 2.12. The molecule has 1 aromatic rings. The first-order chi connectivity index (χ1) is 8.74. The molecule has 6 heteroatoms. The Kier molecular flexibility index (Phi) is 2.71. The first-order valence-electron chi connectivity index (χ1n) is 5.73. The quantitative estimate of drug-likeness (QED) is 0.834. The number of fused-ring (bicyclic) bond motifs is 1. The first-order valence-corrected chi connectivity index (χ1v) is 5.73. The third-order valence-electron chi connectivity index (χ3n) is 3.06. The Labute approximate surface area is 104 Å². The summed E-state index contributed by atoms with van der Waals surface area (Å²) in [5.41, 5.74) is 0.925. The standard InChI is InChI=1S/C12H13NO5/c14-12(15)11-6-13(3-4-16-11)8-1-2-9-10(5-8)18-7-17-9/h1-2,5,11H,3-4,6-7H2,(H,14,15). The van der Waals surface area contributed by atoms with Crippen LogP contribution >= 0.6 is 0 Å². The fraction of sp³-hybridized carbons (Fsp3) is 0.417. The Morgan fingerprint density at radius 3 is 3.00 bits per heavy atom. The zero-order chi connectivity index (χ0) is 12.5. The molecule has 6 nitrogen and oxygen atoms in total. The number of benzene rings is 1. The first kappa shape index (κ1) is 11.2. The van der Waals surface area contributed by atoms with E-state index in [0.29, 0.717) is 25.4 Å². The second-order valence-corrected chi connectivity index (χ2v) is 4.18. The predicted molar refractivity (Wildman–Crippen MR) is 62.2 cm³/mol. The fourth-order valence-corrected chi connectivity index (χ4v) is 2.12. The highest BCUT2D eigenvalue weighted by molar-refractivity contribution is 5.73. The molecule has 1 fully saturated rings. The van der Waals surface area contributed by atoms with Crippen molar-refractivity contribution in [2.24, 2.45) is 0 Å². The van der Waals surface area contributed by atoms with Crippen LogP contribution in [0.3, 0.4) is 0 Å². The van der Waals surface area contributed by atoms with Gasteiger partial charge in [0.05, 0.1) is 13.2 Å². The van der Waals surface area contributed by atoms with Gasteiger partial charge in [0.2, 0.25) is 6.79 Å². The van der Waals surface area contributed by atoms with E-state index in [9.17, 15) is 4.79 Å². The molecule has 0 amide bonds. The van der Waals surface area contributed by atoms with E-state index in [-0.39, 0.29) is 6.79 Å². The summed E-state index contributed by atoms with van der Waals surface area (Å²) in [6, 6.07) is 5.60. The monoisotopic (exact) mass is 251 g/mol. The highest BCUT2D eigenvalue weighted by atomic mass is 16.7. The van der Waals surface area contributed by atoms with Crippen molar-refractivity contribution in [1.82, 2.24) is 0 Å². The van der Waals surface area contributed by atoms with Crippen molar-refractivity contribution in [3.63, 3.8) is 0 Å². The third-order valence-corrected chi connectivity index (χ3v) is 3.06. The maximum absolute atomic E-state index is 10.9. The largest absolute Gasteiger partial charge is 0.479 e. The van der Waals surface area contributed by atoms with Crippen LogP contribution in [0, 0.1) is 0 Å². The van der Waals surface area contributed by atoms with Crippen molar-refractivity contribution in [3.05, 3.63) is 18.2 Å². The van der Waals surface area contributed by atoms with Gasteiger partial charge in [-0.25, -0.2) is 4.79 Å². The lowest BCUT2D eigenvalue weighted by Crippen LogP contribution is -2.46. The summed E-state index contributed by atoms with van der Waals surface area (Å²) >= 11 is 0. The van der Waals surface area contributed by atoms with Crippen LogP contribution in [0.15, 0.2) is 18.2 Å². The molecule has 1 atom stereocenters. The summed E-state index contributed by atoms with van der Waals surface area (Å²) in [6.07, 6.45) is -0.774. The van der Waals surface area contributed by atoms with Crippen LogP contribution in [0.4, 0.5) is 5.69 Å². The third kappa shape index (κ3) is 1.95. The summed E-state index contributed by atoms with van der Waals surface area (Å²) < 4.78 is 15.7. The van der Waals surface area contributed by atoms with Crippen molar-refractivity contribution in [2.75, 3.05) is 31.4 Å². The van der Waals surface area contributed by atoms with E-state index in [2.05, 4.69) is 0 Å². The molecule has 1 N–H and O–H groups in total. The number of ether oxygens (including phenoxy) is 3. The summed E-state index contributed by atoms with van der Waals surface area (Å²) in [6.45, 7) is 1.66. The van der Waals surface area contributed by atoms with Crippen molar-refractivity contribution in [2.45, 2.75) is 6.10 Å². The van der Waals surface area contributed by atoms with Crippen LogP contribution in [0.1, 0.15) is 0 Å². The van der Waals surface area contributed by atoms with Crippen molar-refractivity contribution in [3.8, 4) is 11.5 Å². The molecule has 0 spiro atoms. The van der Waals surface area contributed by atoms with E-state index >= 15 is 0 Å². The van der Waals surface area contributed by atoms with Crippen LogP contribution in [0.5, 0.6) is 11.5 Å². The van der Waals surface area contributed by atoms with Crippen molar-refractivity contribution >= 4 is 11.7 Å². The molecule has 1 saturated heterocycles. The number of rotatable bonds is 2. The molecule has 96 valence electrons. The van der Waals surface area contributed by atoms with E-state index in [4.69, 9.17) is 19.3 Å². The van der Waals surface area contributed by atoms with Gasteiger partial charge in [-0.1, -0.05) is 0 Å². The molecular weight excluding hydrogens is 238 g/mol. The van der Waals surface area contributed by atoms with Crippen LogP contribution in [0.2, 0.25) is 0 Å². The number of aliphatic carboxylic acids is 1. The Morgan fingerprint density at radius 2 is 2.17 bits per heavy atom. The van der Waals surface area contributed by atoms with E-state index < -0.39 is 12.1 Å². The number of morpholine rings is 1. The van der Waals surface area contributed by atoms with E-state index in [1.54, 1.807) is 0 Å². The molecule has 18 heavy (non-hydrogen) atoms. The van der Waals surface area contributed by atoms with Gasteiger partial charge >= 0.3 is 5.97 Å². The smallest absolute Gasteiger partial charge is 0.334 e. The lowest BCUT2D eigenvalue weighted by molar-refractivity contribution is -0.150. The number of anilines is 1. The molecule has 3 rings (SSSR count). The average Bonchev–Trinajstić information content (AvgIpc) is 2.86. The van der Waals surface area contributed by atoms with E-state index in [1.807, 2.05) is 23.1 Å². The van der Waals surface area contributed by atoms with Crippen molar-refractivity contribution in [1.29, 1.82) is 0 Å². The van der Waals surface area contributed by atoms with Gasteiger partial charge in [0, 0.05) is 18.3 Å². The molecule has 2 aliphatic heterocycles.